The minimum atomic E-state index is 0. The fraction of sp³-hybridized carbons (Fsp3) is 0.250. The molecule has 6 heteroatoms. The second-order valence-corrected chi connectivity index (χ2v) is 3.40. The van der Waals surface area contributed by atoms with Crippen molar-refractivity contribution in [1.82, 2.24) is 0 Å². The van der Waals surface area contributed by atoms with Gasteiger partial charge in [-0.2, -0.15) is 0 Å². The molecule has 5 N–H and O–H groups in total. The molecule has 0 aliphatic carbocycles. The lowest BCUT2D eigenvalue weighted by Crippen LogP contribution is -2.02. The van der Waals surface area contributed by atoms with Crippen LogP contribution in [0.3, 0.4) is 0 Å². The van der Waals surface area contributed by atoms with E-state index in [-0.39, 0.29) is 30.6 Å². The van der Waals surface area contributed by atoms with Crippen LogP contribution in [0.5, 0.6) is 5.75 Å². The van der Waals surface area contributed by atoms with E-state index in [1.165, 1.54) is 0 Å². The van der Waals surface area contributed by atoms with Crippen molar-refractivity contribution in [1.29, 1.82) is 0 Å². The number of hydrogen-bond donors (Lipinski definition) is 3. The highest BCUT2D eigenvalue weighted by Gasteiger charge is 2.05. The van der Waals surface area contributed by atoms with Gasteiger partial charge < -0.3 is 16.6 Å². The van der Waals surface area contributed by atoms with Crippen molar-refractivity contribution >= 4 is 40.7 Å². The van der Waals surface area contributed by atoms with E-state index in [1.807, 2.05) is 0 Å². The van der Waals surface area contributed by atoms with Crippen LogP contribution in [-0.2, 0) is 13.1 Å². The average Bonchev–Trinajstić information content (AvgIpc) is 2.08. The van der Waals surface area contributed by atoms with Gasteiger partial charge in [0.05, 0.1) is 0 Å². The van der Waals surface area contributed by atoms with E-state index < -0.39 is 0 Å². The maximum Gasteiger partial charge on any atom is 0.124 e. The molecule has 0 unspecified atom stereocenters. The molecule has 1 aromatic carbocycles. The summed E-state index contributed by atoms with van der Waals surface area (Å²) >= 11 is 3.31. The molecule has 0 fully saturated rings. The summed E-state index contributed by atoms with van der Waals surface area (Å²) in [5, 5.41) is 9.53. The monoisotopic (exact) mass is 302 g/mol. The van der Waals surface area contributed by atoms with Crippen LogP contribution in [0.1, 0.15) is 11.1 Å². The van der Waals surface area contributed by atoms with Gasteiger partial charge in [0.25, 0.3) is 0 Å². The number of phenolic OH excluding ortho intramolecular Hbond substituents is 1. The van der Waals surface area contributed by atoms with E-state index in [4.69, 9.17) is 11.5 Å². The van der Waals surface area contributed by atoms with Gasteiger partial charge in [0.2, 0.25) is 0 Å². The molecule has 0 spiro atoms. The summed E-state index contributed by atoms with van der Waals surface area (Å²) in [6.45, 7) is 0.635. The first-order valence-corrected chi connectivity index (χ1v) is 4.38. The van der Waals surface area contributed by atoms with Crippen molar-refractivity contribution in [2.45, 2.75) is 13.1 Å². The molecule has 0 aliphatic heterocycles. The summed E-state index contributed by atoms with van der Waals surface area (Å²) in [5.41, 5.74) is 12.3. The highest BCUT2D eigenvalue weighted by Crippen LogP contribution is 2.26. The Morgan fingerprint density at radius 3 is 1.71 bits per heavy atom. The Hall–Kier alpha value is -0.000000000000000111. The first-order valence-electron chi connectivity index (χ1n) is 3.59. The fourth-order valence-electron chi connectivity index (χ4n) is 1.03. The van der Waals surface area contributed by atoms with E-state index in [9.17, 15) is 5.11 Å². The number of rotatable bonds is 2. The molecule has 0 bridgehead atoms. The quantitative estimate of drug-likeness (QED) is 0.781. The Bertz CT molecular complexity index is 272. The fourth-order valence-corrected chi connectivity index (χ4v) is 1.58. The molecule has 0 amide bonds. The number of nitrogens with two attached hydrogens (primary N) is 2. The zero-order chi connectivity index (χ0) is 9.14. The zero-order valence-electron chi connectivity index (χ0n) is 7.37. The summed E-state index contributed by atoms with van der Waals surface area (Å²) in [7, 11) is 0. The van der Waals surface area contributed by atoms with E-state index in [0.717, 1.165) is 4.47 Å². The molecule has 0 aliphatic rings. The summed E-state index contributed by atoms with van der Waals surface area (Å²) in [6.07, 6.45) is 0. The Labute approximate surface area is 104 Å². The van der Waals surface area contributed by atoms with Crippen molar-refractivity contribution in [3.05, 3.63) is 27.7 Å². The van der Waals surface area contributed by atoms with Crippen LogP contribution in [0.25, 0.3) is 0 Å². The molecule has 82 valence electrons. The molecule has 1 rings (SSSR count). The number of benzene rings is 1. The molecular formula is C8H13BrCl2N2O. The minimum absolute atomic E-state index is 0. The lowest BCUT2D eigenvalue weighted by Gasteiger charge is -2.07. The molecule has 0 radical (unpaired) electrons. The molecule has 0 heterocycles. The van der Waals surface area contributed by atoms with Crippen LogP contribution in [0, 0.1) is 0 Å². The van der Waals surface area contributed by atoms with Gasteiger partial charge >= 0.3 is 0 Å². The average molecular weight is 304 g/mol. The number of aromatic hydroxyl groups is 1. The van der Waals surface area contributed by atoms with Gasteiger partial charge in [-0.15, -0.1) is 24.8 Å². The van der Waals surface area contributed by atoms with Gasteiger partial charge in [0, 0.05) is 28.7 Å². The van der Waals surface area contributed by atoms with Gasteiger partial charge in [-0.3, -0.25) is 0 Å². The normalized spacial score (nSPS) is 8.79. The van der Waals surface area contributed by atoms with Gasteiger partial charge in [0.15, 0.2) is 0 Å². The van der Waals surface area contributed by atoms with Crippen molar-refractivity contribution in [3.8, 4) is 5.75 Å². The SMILES string of the molecule is Cl.Cl.NCc1cc(Br)cc(CN)c1O. The van der Waals surface area contributed by atoms with Gasteiger partial charge in [-0.05, 0) is 12.1 Å². The smallest absolute Gasteiger partial charge is 0.124 e. The second kappa shape index (κ2) is 7.31. The van der Waals surface area contributed by atoms with Crippen molar-refractivity contribution in [2.75, 3.05) is 0 Å². The summed E-state index contributed by atoms with van der Waals surface area (Å²) in [6, 6.07) is 3.57. The summed E-state index contributed by atoms with van der Waals surface area (Å²) in [5.74, 6) is 0.211. The third kappa shape index (κ3) is 3.63. The second-order valence-electron chi connectivity index (χ2n) is 2.48. The molecule has 0 saturated heterocycles. The van der Waals surface area contributed by atoms with E-state index in [0.29, 0.717) is 24.2 Å². The molecule has 1 aromatic rings. The molecule has 0 atom stereocenters. The molecule has 0 aromatic heterocycles. The van der Waals surface area contributed by atoms with Crippen molar-refractivity contribution < 1.29 is 5.11 Å². The standard InChI is InChI=1S/C8H11BrN2O.2ClH/c9-7-1-5(3-10)8(12)6(2-7)4-11;;/h1-2,12H,3-4,10-11H2;2*1H. The van der Waals surface area contributed by atoms with E-state index in [2.05, 4.69) is 15.9 Å². The van der Waals surface area contributed by atoms with Crippen LogP contribution in [0.4, 0.5) is 0 Å². The van der Waals surface area contributed by atoms with Crippen LogP contribution in [0.2, 0.25) is 0 Å². The Kier molecular flexibility index (Phi) is 8.58. The number of hydrogen-bond acceptors (Lipinski definition) is 3. The van der Waals surface area contributed by atoms with Gasteiger partial charge in [0.1, 0.15) is 5.75 Å². The highest BCUT2D eigenvalue weighted by atomic mass is 79.9. The van der Waals surface area contributed by atoms with Crippen molar-refractivity contribution in [2.24, 2.45) is 11.5 Å². The van der Waals surface area contributed by atoms with Gasteiger partial charge in [-0.1, -0.05) is 15.9 Å². The van der Waals surface area contributed by atoms with Crippen LogP contribution < -0.4 is 11.5 Å². The minimum Gasteiger partial charge on any atom is -0.507 e. The maximum absolute atomic E-state index is 9.53. The third-order valence-corrected chi connectivity index (χ3v) is 2.13. The predicted molar refractivity (Wildman–Crippen MR) is 66.1 cm³/mol. The summed E-state index contributed by atoms with van der Waals surface area (Å²) in [4.78, 5) is 0. The van der Waals surface area contributed by atoms with E-state index in [1.54, 1.807) is 12.1 Å². The maximum atomic E-state index is 9.53. The molecule has 3 nitrogen and oxygen atoms in total. The predicted octanol–water partition coefficient (Wildman–Crippen LogP) is 1.92. The van der Waals surface area contributed by atoms with Crippen LogP contribution >= 0.6 is 40.7 Å². The van der Waals surface area contributed by atoms with Crippen LogP contribution in [0.15, 0.2) is 16.6 Å². The lowest BCUT2D eigenvalue weighted by atomic mass is 10.1. The first-order chi connectivity index (χ1) is 5.69. The highest BCUT2D eigenvalue weighted by molar-refractivity contribution is 9.10. The first kappa shape index (κ1) is 16.4. The van der Waals surface area contributed by atoms with Gasteiger partial charge in [-0.25, -0.2) is 0 Å². The number of halogens is 3. The third-order valence-electron chi connectivity index (χ3n) is 1.67. The molecular weight excluding hydrogens is 291 g/mol. The Morgan fingerprint density at radius 1 is 1.07 bits per heavy atom. The largest absolute Gasteiger partial charge is 0.507 e. The topological polar surface area (TPSA) is 72.3 Å². The molecule has 0 saturated carbocycles. The van der Waals surface area contributed by atoms with Crippen molar-refractivity contribution in [3.63, 3.8) is 0 Å². The van der Waals surface area contributed by atoms with Crippen LogP contribution in [-0.4, -0.2) is 5.11 Å². The molecule has 14 heavy (non-hydrogen) atoms. The number of phenols is 1. The Morgan fingerprint density at radius 2 is 1.43 bits per heavy atom. The lowest BCUT2D eigenvalue weighted by molar-refractivity contribution is 0.461. The zero-order valence-corrected chi connectivity index (χ0v) is 10.6. The Balaban J connectivity index is 0. The van der Waals surface area contributed by atoms with E-state index >= 15 is 0 Å². The summed E-state index contributed by atoms with van der Waals surface area (Å²) < 4.78 is 0.890.